The third kappa shape index (κ3) is 40.8. The van der Waals surface area contributed by atoms with Gasteiger partial charge in [-0.05, 0) is 352 Å². The molecule has 23 heteroatoms. The third-order valence-electron chi connectivity index (χ3n) is 32.8. The predicted octanol–water partition coefficient (Wildman–Crippen LogP) is 29.2. The lowest BCUT2D eigenvalue weighted by Gasteiger charge is -2.38. The van der Waals surface area contributed by atoms with Crippen molar-refractivity contribution in [2.45, 2.75) is 469 Å². The first-order valence-corrected chi connectivity index (χ1v) is 60.8. The van der Waals surface area contributed by atoms with Crippen molar-refractivity contribution in [1.29, 1.82) is 0 Å². The molecule has 5 saturated carbocycles. The molecule has 4 saturated heterocycles. The molecule has 9 aliphatic rings. The quantitative estimate of drug-likeness (QED) is 0.0361. The number of rotatable bonds is 36. The van der Waals surface area contributed by atoms with Gasteiger partial charge in [-0.25, -0.2) is 0 Å². The smallest absolute Gasteiger partial charge is 0.225 e. The molecule has 5 aliphatic carbocycles. The maximum Gasteiger partial charge on any atom is 0.225 e. The number of hydrogen-bond acceptors (Lipinski definition) is 13. The molecular weight excluding hydrogens is 1850 g/mol. The van der Waals surface area contributed by atoms with Crippen molar-refractivity contribution in [1.82, 2.24) is 108 Å². The number of amides is 1. The molecule has 13 heterocycles. The minimum atomic E-state index is 0.105. The second kappa shape index (κ2) is 60.0. The van der Waals surface area contributed by atoms with Crippen LogP contribution >= 0.6 is 0 Å². The number of aromatic nitrogens is 18. The van der Waals surface area contributed by atoms with E-state index in [9.17, 15) is 4.79 Å². The maximum atomic E-state index is 12.0. The van der Waals surface area contributed by atoms with Crippen LogP contribution in [0.4, 0.5) is 0 Å². The molecule has 10 atom stereocenters. The molecule has 9 aromatic rings. The number of carbonyl (C=O) groups excluding carboxylic acids is 1. The fourth-order valence-electron chi connectivity index (χ4n) is 23.5. The number of piperidine rings is 2. The van der Waals surface area contributed by atoms with Crippen molar-refractivity contribution in [3.05, 3.63) is 162 Å². The molecule has 9 aromatic heterocycles. The highest BCUT2D eigenvalue weighted by atomic mass is 16.2. The summed E-state index contributed by atoms with van der Waals surface area (Å²) in [5, 5.41) is 40.6. The Morgan fingerprint density at radius 1 is 0.227 bits per heavy atom. The first-order valence-electron chi connectivity index (χ1n) is 60.8. The van der Waals surface area contributed by atoms with E-state index in [2.05, 4.69) is 406 Å². The van der Waals surface area contributed by atoms with E-state index in [0.29, 0.717) is 96.2 Å². The number of carbonyl (C=O) groups is 1. The van der Waals surface area contributed by atoms with Crippen molar-refractivity contribution in [2.75, 3.05) is 52.4 Å². The van der Waals surface area contributed by atoms with Gasteiger partial charge in [0.15, 0.2) is 0 Å². The highest BCUT2D eigenvalue weighted by Gasteiger charge is 2.44. The zero-order valence-corrected chi connectivity index (χ0v) is 102. The topological polar surface area (TPSA) is 190 Å². The van der Waals surface area contributed by atoms with Crippen LogP contribution in [0.3, 0.4) is 0 Å². The van der Waals surface area contributed by atoms with Crippen LogP contribution in [0.5, 0.6) is 0 Å². The highest BCUT2D eigenvalue weighted by Crippen LogP contribution is 2.51. The Morgan fingerprint density at radius 2 is 0.440 bits per heavy atom. The number of likely N-dealkylation sites (tertiary alicyclic amines) is 4. The first kappa shape index (κ1) is 124. The zero-order chi connectivity index (χ0) is 110. The molecular formula is C127H220N22O. The predicted molar refractivity (Wildman–Crippen MR) is 626 cm³/mol. The summed E-state index contributed by atoms with van der Waals surface area (Å²) < 4.78 is 19.6. The maximum absolute atomic E-state index is 12.0. The molecule has 3 unspecified atom stereocenters. The van der Waals surface area contributed by atoms with Crippen LogP contribution < -0.4 is 0 Å². The minimum absolute atomic E-state index is 0.105. The lowest BCUT2D eigenvalue weighted by atomic mass is 9.74. The average Bonchev–Trinajstić information content (AvgIpc) is 1.64. The number of nitrogens with zero attached hydrogens (tertiary/aromatic N) is 22. The van der Waals surface area contributed by atoms with Crippen LogP contribution in [-0.2, 0) is 62.6 Å². The van der Waals surface area contributed by atoms with E-state index < -0.39 is 0 Å². The van der Waals surface area contributed by atoms with E-state index in [-0.39, 0.29) is 11.8 Å². The van der Waals surface area contributed by atoms with Gasteiger partial charge < -0.3 is 9.80 Å². The van der Waals surface area contributed by atoms with E-state index in [4.69, 9.17) is 0 Å². The van der Waals surface area contributed by atoms with Gasteiger partial charge in [-0.1, -0.05) is 208 Å². The molecule has 0 N–H and O–H groups in total. The summed E-state index contributed by atoms with van der Waals surface area (Å²) in [7, 11) is 0. The summed E-state index contributed by atoms with van der Waals surface area (Å²) in [5.41, 5.74) is 12.4. The Hall–Kier alpha value is -7.76. The Bertz CT molecular complexity index is 4860. The zero-order valence-electron chi connectivity index (χ0n) is 102. The van der Waals surface area contributed by atoms with Crippen molar-refractivity contribution in [3.8, 4) is 0 Å². The molecule has 150 heavy (non-hydrogen) atoms. The average molecular weight is 2070 g/mol. The molecule has 0 radical (unpaired) electrons. The second-order valence-corrected chi connectivity index (χ2v) is 54.2. The molecule has 18 rings (SSSR count). The van der Waals surface area contributed by atoms with Gasteiger partial charge in [-0.3, -0.25) is 56.7 Å². The fourth-order valence-corrected chi connectivity index (χ4v) is 23.5. The van der Waals surface area contributed by atoms with Gasteiger partial charge in [0, 0.05) is 132 Å². The molecule has 0 aromatic carbocycles. The molecule has 0 bridgehead atoms. The summed E-state index contributed by atoms with van der Waals surface area (Å²) in [6, 6.07) is 7.61. The molecule has 9 fully saturated rings. The molecule has 1 amide bonds. The van der Waals surface area contributed by atoms with Gasteiger partial charge >= 0.3 is 0 Å². The first-order chi connectivity index (χ1) is 71.0. The van der Waals surface area contributed by atoms with E-state index >= 15 is 0 Å². The normalized spacial score (nSPS) is 22.6. The highest BCUT2D eigenvalue weighted by molar-refractivity contribution is 5.78. The third-order valence-corrected chi connectivity index (χ3v) is 32.8. The van der Waals surface area contributed by atoms with E-state index in [0.717, 1.165) is 186 Å². The Labute approximate surface area is 914 Å². The van der Waals surface area contributed by atoms with Crippen molar-refractivity contribution >= 4 is 5.91 Å². The summed E-state index contributed by atoms with van der Waals surface area (Å²) in [4.78, 5) is 21.6. The number of hydrogen-bond donors (Lipinski definition) is 0. The molecule has 4 aliphatic heterocycles. The Kier molecular flexibility index (Phi) is 49.6. The van der Waals surface area contributed by atoms with Gasteiger partial charge in [0.2, 0.25) is 5.91 Å². The summed E-state index contributed by atoms with van der Waals surface area (Å²) in [6.45, 7) is 90.3. The van der Waals surface area contributed by atoms with Gasteiger partial charge in [-0.2, -0.15) is 45.9 Å². The summed E-state index contributed by atoms with van der Waals surface area (Å²) in [5.74, 6) is 15.3. The van der Waals surface area contributed by atoms with Gasteiger partial charge in [-0.15, -0.1) is 0 Å². The van der Waals surface area contributed by atoms with Crippen molar-refractivity contribution in [3.63, 3.8) is 0 Å². The summed E-state index contributed by atoms with van der Waals surface area (Å²) >= 11 is 0. The molecule has 23 nitrogen and oxygen atoms in total. The minimum Gasteiger partial charge on any atom is -0.342 e. The summed E-state index contributed by atoms with van der Waals surface area (Å²) in [6.07, 6.45) is 66.4. The van der Waals surface area contributed by atoms with Crippen molar-refractivity contribution < 1.29 is 4.79 Å². The van der Waals surface area contributed by atoms with Crippen LogP contribution in [0.1, 0.15) is 444 Å². The van der Waals surface area contributed by atoms with Gasteiger partial charge in [0.05, 0.1) is 110 Å². The second-order valence-electron chi connectivity index (χ2n) is 54.2. The van der Waals surface area contributed by atoms with Crippen LogP contribution in [0.15, 0.2) is 112 Å². The lowest BCUT2D eigenvalue weighted by molar-refractivity contribution is -0.135. The van der Waals surface area contributed by atoms with Crippen LogP contribution in [0.25, 0.3) is 0 Å². The largest absolute Gasteiger partial charge is 0.342 e. The standard InChI is InChI=1S/C16H27N3O.C15H27N3.C15H26N2.2C14H25N3.C14H24N2.3C13H22N2/c1-12(2)9-14-10-17-19(11-14)15-5-7-18(8-6-15)16(20)13(3)4;1-12(2)9-14-10-16-18(11-14)15-5-7-17(8-6-15)13(3)4;1-11(2)7-13-9-16-17(10-13)15-6-5-14(8-15)12(3)4;2*1-11(2)7-13-8-15-17(9-13)14-5-6-16(10-14)12(3)4;1-10(2)5-12-8-15-16(9-12)14-6-13(7-14)11(3)4;3*1-9(2)5-11-7-14-15(8-11)13-6-12(13)10(3)4/h10-13,15H,5-9H2,1-4H3;10-13,15H,5-9H2,1-4H3;9-12,14-15H,5-8H2,1-4H3;2*8-9,11-12,14H,5-7,10H2,1-4H3;8-11,13-14H,5-7H2,1-4H3;3*7-10,12-13H,5-6H2,1-4H3/t;;;2*14-;;12-,13?;12-,13+;12-,13-/m...10.100/s1. The fraction of sp³-hybridized carbons (Fsp3) is 0.780. The van der Waals surface area contributed by atoms with Gasteiger partial charge in [0.1, 0.15) is 0 Å². The lowest BCUT2D eigenvalue weighted by Crippen LogP contribution is -2.41. The van der Waals surface area contributed by atoms with Gasteiger partial charge in [0.25, 0.3) is 0 Å². The Balaban J connectivity index is 0.000000173. The van der Waals surface area contributed by atoms with Crippen LogP contribution in [-0.4, -0.2) is 184 Å². The van der Waals surface area contributed by atoms with E-state index in [1.165, 1.54) is 153 Å². The monoisotopic (exact) mass is 2070 g/mol. The SMILES string of the molecule is CC(C)Cc1cnn(C2CC(C(C)C)C2)c1.CC(C)Cc1cnn(C2CCC(C(C)C)C2)c1.CC(C)Cc1cnn(C2CCN(C(=O)C(C)C)CC2)c1.CC(C)Cc1cnn(C2CCN(C(C)C)CC2)c1.CC(C)Cc1cnn(C2C[C@@H]2C(C)C)c1.CC(C)Cc1cnn([C@@H]2CCN(C(C)C)C2)c1.CC(C)Cc1cnn([C@@H]2C[C@H]2C(C)C)c1.CC(C)Cc1cnn([C@H]2CCN(C(C)C)C2)c1.CC(C)Cc1cnn([C@H]2C[C@H]2C(C)C)c1. The van der Waals surface area contributed by atoms with E-state index in [1.807, 2.05) is 62.1 Å². The Morgan fingerprint density at radius 3 is 0.660 bits per heavy atom. The molecule has 844 valence electrons. The van der Waals surface area contributed by atoms with E-state index in [1.54, 1.807) is 0 Å². The molecule has 0 spiro atoms. The van der Waals surface area contributed by atoms with Crippen LogP contribution in [0.2, 0.25) is 0 Å². The van der Waals surface area contributed by atoms with Crippen LogP contribution in [0, 0.1) is 118 Å². The van der Waals surface area contributed by atoms with Crippen molar-refractivity contribution in [2.24, 2.45) is 118 Å².